The number of amides is 1. The van der Waals surface area contributed by atoms with Crippen LogP contribution in [0.25, 0.3) is 22.8 Å². The fourth-order valence-electron chi connectivity index (χ4n) is 4.93. The molecule has 2 aliphatic rings. The second kappa shape index (κ2) is 10.5. The largest absolute Gasteiger partial charge is 0.480 e. The minimum Gasteiger partial charge on any atom is -0.480 e. The van der Waals surface area contributed by atoms with Gasteiger partial charge < -0.3 is 19.9 Å². The third kappa shape index (κ3) is 5.36. The first kappa shape index (κ1) is 27.9. The Labute approximate surface area is 243 Å². The first-order valence-electron chi connectivity index (χ1n) is 13.2. The van der Waals surface area contributed by atoms with Gasteiger partial charge in [0.1, 0.15) is 29.3 Å². The predicted octanol–water partition coefficient (Wildman–Crippen LogP) is 5.52. The summed E-state index contributed by atoms with van der Waals surface area (Å²) in [4.78, 5) is 34.0. The summed E-state index contributed by atoms with van der Waals surface area (Å²) < 4.78 is 46.4. The highest BCUT2D eigenvalue weighted by Crippen LogP contribution is 2.50. The molecule has 14 heteroatoms. The molecule has 0 bridgehead atoms. The van der Waals surface area contributed by atoms with Crippen LogP contribution in [-0.4, -0.2) is 48.4 Å². The number of aryl methyl sites for hydroxylation is 1. The van der Waals surface area contributed by atoms with Gasteiger partial charge in [-0.2, -0.15) is 13.2 Å². The zero-order chi connectivity index (χ0) is 29.6. The molecule has 0 atom stereocenters. The van der Waals surface area contributed by atoms with Crippen LogP contribution in [0.1, 0.15) is 48.6 Å². The third-order valence-corrected chi connectivity index (χ3v) is 7.62. The summed E-state index contributed by atoms with van der Waals surface area (Å²) in [6.07, 6.45) is 2.94. The van der Waals surface area contributed by atoms with Gasteiger partial charge in [-0.25, -0.2) is 24.9 Å². The molecule has 218 valence electrons. The van der Waals surface area contributed by atoms with Crippen molar-refractivity contribution in [2.45, 2.75) is 43.3 Å². The number of methoxy groups -OCH3 is 1. The highest BCUT2D eigenvalue weighted by atomic mass is 35.5. The van der Waals surface area contributed by atoms with Crippen molar-refractivity contribution in [1.82, 2.24) is 29.5 Å². The smallest absolute Gasteiger partial charge is 0.434 e. The van der Waals surface area contributed by atoms with Crippen LogP contribution >= 0.6 is 11.6 Å². The second-order valence-corrected chi connectivity index (χ2v) is 10.7. The van der Waals surface area contributed by atoms with Gasteiger partial charge in [0.05, 0.1) is 24.5 Å². The topological polar surface area (TPSA) is 120 Å². The van der Waals surface area contributed by atoms with Crippen molar-refractivity contribution >= 4 is 29.0 Å². The Hall–Kier alpha value is -4.26. The molecule has 3 aromatic heterocycles. The van der Waals surface area contributed by atoms with E-state index in [9.17, 15) is 18.0 Å². The number of anilines is 2. The maximum absolute atomic E-state index is 13.2. The Kier molecular flexibility index (Phi) is 7.00. The molecule has 0 aliphatic heterocycles. The number of halogens is 4. The number of nitrogens with zero attached hydrogens (tertiary/aromatic N) is 6. The number of ether oxygens (including phenoxy) is 1. The van der Waals surface area contributed by atoms with Crippen LogP contribution in [-0.2, 0) is 23.6 Å². The Morgan fingerprint density at radius 2 is 1.88 bits per heavy atom. The van der Waals surface area contributed by atoms with Crippen LogP contribution in [0, 0.1) is 0 Å². The summed E-state index contributed by atoms with van der Waals surface area (Å²) in [5.41, 5.74) is 1.76. The summed E-state index contributed by atoms with van der Waals surface area (Å²) in [6, 6.07) is 7.20. The number of hydrogen-bond donors (Lipinski definition) is 2. The number of carbonyl (C=O) groups excluding carboxylic acids is 1. The van der Waals surface area contributed by atoms with E-state index in [0.717, 1.165) is 43.1 Å². The van der Waals surface area contributed by atoms with Crippen molar-refractivity contribution < 1.29 is 22.7 Å². The zero-order valence-electron chi connectivity index (χ0n) is 22.7. The van der Waals surface area contributed by atoms with Crippen molar-refractivity contribution in [3.63, 3.8) is 0 Å². The molecule has 6 rings (SSSR count). The molecule has 0 unspecified atom stereocenters. The highest BCUT2D eigenvalue weighted by molar-refractivity contribution is 6.29. The summed E-state index contributed by atoms with van der Waals surface area (Å²) in [5.74, 6) is 0.903. The van der Waals surface area contributed by atoms with Crippen LogP contribution in [0.5, 0.6) is 5.88 Å². The molecule has 2 N–H and O–H groups in total. The highest BCUT2D eigenvalue weighted by Gasteiger charge is 2.45. The van der Waals surface area contributed by atoms with Gasteiger partial charge in [0.2, 0.25) is 11.8 Å². The normalized spacial score (nSPS) is 15.8. The monoisotopic (exact) mass is 598 g/mol. The summed E-state index contributed by atoms with van der Waals surface area (Å²) >= 11 is 5.75. The van der Waals surface area contributed by atoms with Gasteiger partial charge in [0.15, 0.2) is 17.3 Å². The van der Waals surface area contributed by atoms with Crippen molar-refractivity contribution in [2.75, 3.05) is 23.6 Å². The van der Waals surface area contributed by atoms with E-state index in [1.807, 2.05) is 12.1 Å². The minimum atomic E-state index is -4.53. The molecule has 0 spiro atoms. The Balaban J connectivity index is 1.34. The van der Waals surface area contributed by atoms with Crippen molar-refractivity contribution in [3.05, 3.63) is 59.9 Å². The van der Waals surface area contributed by atoms with Crippen LogP contribution < -0.4 is 15.4 Å². The molecule has 10 nitrogen and oxygen atoms in total. The number of benzene rings is 1. The van der Waals surface area contributed by atoms with E-state index in [1.54, 1.807) is 12.1 Å². The van der Waals surface area contributed by atoms with Gasteiger partial charge in [-0.05, 0) is 31.2 Å². The van der Waals surface area contributed by atoms with Crippen LogP contribution in [0.15, 0.2) is 43.0 Å². The van der Waals surface area contributed by atoms with Crippen LogP contribution in [0.3, 0.4) is 0 Å². The molecule has 2 fully saturated rings. The number of carbonyl (C=O) groups is 1. The number of alkyl halides is 4. The first-order chi connectivity index (χ1) is 20.1. The summed E-state index contributed by atoms with van der Waals surface area (Å²) in [7, 11) is 3.05. The lowest BCUT2D eigenvalue weighted by Crippen LogP contribution is -2.22. The lowest BCUT2D eigenvalue weighted by Gasteiger charge is -2.22. The maximum atomic E-state index is 13.2. The van der Waals surface area contributed by atoms with E-state index >= 15 is 0 Å². The van der Waals surface area contributed by atoms with Crippen molar-refractivity contribution in [1.29, 1.82) is 0 Å². The summed E-state index contributed by atoms with van der Waals surface area (Å²) in [6.45, 7) is 0. The number of hydrogen-bond acceptors (Lipinski definition) is 8. The van der Waals surface area contributed by atoms with Crippen LogP contribution in [0.2, 0.25) is 0 Å². The van der Waals surface area contributed by atoms with E-state index < -0.39 is 23.3 Å². The van der Waals surface area contributed by atoms with Crippen molar-refractivity contribution in [3.8, 4) is 28.7 Å². The van der Waals surface area contributed by atoms with Gasteiger partial charge in [-0.15, -0.1) is 11.6 Å². The molecule has 3 heterocycles. The first-order valence-corrected chi connectivity index (χ1v) is 13.8. The minimum absolute atomic E-state index is 0.212. The van der Waals surface area contributed by atoms with Crippen molar-refractivity contribution in [2.24, 2.45) is 7.05 Å². The molecule has 1 amide bonds. The molecule has 2 saturated carbocycles. The number of aromatic nitrogens is 6. The molecule has 4 aromatic rings. The average molecular weight is 599 g/mol. The molecule has 2 aliphatic carbocycles. The quantitative estimate of drug-likeness (QED) is 0.242. The zero-order valence-corrected chi connectivity index (χ0v) is 23.4. The Bertz CT molecular complexity index is 1650. The third-order valence-electron chi connectivity index (χ3n) is 7.38. The second-order valence-electron chi connectivity index (χ2n) is 10.4. The standard InChI is InChI=1S/C28H26ClF3N8O2/c1-40-13-19(28(30,31)32)37-25(40)16-5-7-17(8-6-16)27(9-10-27)39-23-18(36-20(41)11-29)12-33-24(38-23)21-22(15-3-4-15)34-14-35-26(21)42-2/h5-8,12-15H,3-4,9-11H2,1-2H3,(H,36,41)(H,33,38,39). The molecule has 0 radical (unpaired) electrons. The molecule has 42 heavy (non-hydrogen) atoms. The SMILES string of the molecule is COc1ncnc(C2CC2)c1-c1ncc(NC(=O)CCl)c(NC2(c3ccc(-c4nc(C(F)(F)F)cn4C)cc3)CC2)n1. The van der Waals surface area contributed by atoms with E-state index in [4.69, 9.17) is 21.3 Å². The fraction of sp³-hybridized carbons (Fsp3) is 0.357. The van der Waals surface area contributed by atoms with Gasteiger partial charge in [0.25, 0.3) is 0 Å². The van der Waals surface area contributed by atoms with Crippen LogP contribution in [0.4, 0.5) is 24.7 Å². The molecular weight excluding hydrogens is 573 g/mol. The van der Waals surface area contributed by atoms with E-state index in [-0.39, 0.29) is 17.6 Å². The number of rotatable bonds is 9. The van der Waals surface area contributed by atoms with E-state index in [2.05, 4.69) is 30.6 Å². The number of nitrogens with one attached hydrogen (secondary N) is 2. The lowest BCUT2D eigenvalue weighted by molar-refractivity contribution is -0.140. The van der Waals surface area contributed by atoms with Gasteiger partial charge >= 0.3 is 6.18 Å². The number of imidazole rings is 1. The lowest BCUT2D eigenvalue weighted by atomic mass is 10.0. The fourth-order valence-corrected chi connectivity index (χ4v) is 5.00. The maximum Gasteiger partial charge on any atom is 0.434 e. The summed E-state index contributed by atoms with van der Waals surface area (Å²) in [5, 5.41) is 6.24. The van der Waals surface area contributed by atoms with E-state index in [1.165, 1.54) is 31.2 Å². The molecule has 1 aromatic carbocycles. The Morgan fingerprint density at radius 1 is 1.14 bits per heavy atom. The van der Waals surface area contributed by atoms with Gasteiger partial charge in [0, 0.05) is 24.7 Å². The van der Waals surface area contributed by atoms with Gasteiger partial charge in [-0.1, -0.05) is 24.3 Å². The average Bonchev–Trinajstić information content (AvgIpc) is 3.92. The molecular formula is C28H26ClF3N8O2. The molecule has 0 saturated heterocycles. The predicted molar refractivity (Wildman–Crippen MR) is 149 cm³/mol. The Morgan fingerprint density at radius 3 is 2.48 bits per heavy atom. The van der Waals surface area contributed by atoms with E-state index in [0.29, 0.717) is 34.3 Å². The van der Waals surface area contributed by atoms with Gasteiger partial charge in [-0.3, -0.25) is 4.79 Å².